The van der Waals surface area contributed by atoms with E-state index in [0.717, 1.165) is 30.0 Å². The van der Waals surface area contributed by atoms with E-state index >= 15 is 0 Å². The number of nitrogens with zero attached hydrogens (tertiary/aromatic N) is 2. The quantitative estimate of drug-likeness (QED) is 0.629. The molecule has 4 nitrogen and oxygen atoms in total. The molecule has 1 N–H and O–H groups in total. The van der Waals surface area contributed by atoms with E-state index in [1.807, 2.05) is 0 Å². The third-order valence-electron chi connectivity index (χ3n) is 2.73. The molecule has 0 aliphatic carbocycles. The van der Waals surface area contributed by atoms with Gasteiger partial charge in [0.15, 0.2) is 22.5 Å². The van der Waals surface area contributed by atoms with E-state index in [-0.39, 0.29) is 10.6 Å². The summed E-state index contributed by atoms with van der Waals surface area (Å²) in [6.07, 6.45) is 0.618. The lowest BCUT2D eigenvalue weighted by Gasteiger charge is -2.01. The van der Waals surface area contributed by atoms with Crippen LogP contribution in [0.15, 0.2) is 12.1 Å². The number of hydrogen-bond donors (Lipinski definition) is 1. The summed E-state index contributed by atoms with van der Waals surface area (Å²) in [7, 11) is 1.62. The molecule has 114 valence electrons. The van der Waals surface area contributed by atoms with Gasteiger partial charge in [-0.15, -0.1) is 10.2 Å². The van der Waals surface area contributed by atoms with E-state index in [4.69, 9.17) is 4.74 Å². The second kappa shape index (κ2) is 7.48. The molecule has 21 heavy (non-hydrogen) atoms. The van der Waals surface area contributed by atoms with Crippen molar-refractivity contribution in [1.29, 1.82) is 0 Å². The van der Waals surface area contributed by atoms with Gasteiger partial charge in [-0.1, -0.05) is 11.3 Å². The lowest BCUT2D eigenvalue weighted by molar-refractivity contribution is 0.199. The first-order chi connectivity index (χ1) is 10.1. The lowest BCUT2D eigenvalue weighted by atomic mass is 10.2. The van der Waals surface area contributed by atoms with Crippen LogP contribution in [0.3, 0.4) is 0 Å². The second-order valence-corrected chi connectivity index (χ2v) is 5.28. The smallest absolute Gasteiger partial charge is 0.195 e. The van der Waals surface area contributed by atoms with Gasteiger partial charge in [0.05, 0.1) is 12.2 Å². The molecule has 0 unspecified atom stereocenters. The van der Waals surface area contributed by atoms with Gasteiger partial charge in [-0.25, -0.2) is 13.2 Å². The van der Waals surface area contributed by atoms with Gasteiger partial charge >= 0.3 is 0 Å². The maximum atomic E-state index is 13.6. The van der Waals surface area contributed by atoms with Crippen molar-refractivity contribution in [3.8, 4) is 10.6 Å². The van der Waals surface area contributed by atoms with Crippen LogP contribution in [0.4, 0.5) is 13.2 Å². The summed E-state index contributed by atoms with van der Waals surface area (Å²) in [6, 6.07) is 2.04. The zero-order chi connectivity index (χ0) is 15.2. The number of aromatic nitrogens is 2. The molecule has 1 aromatic carbocycles. The minimum Gasteiger partial charge on any atom is -0.383 e. The van der Waals surface area contributed by atoms with Crippen LogP contribution in [0.2, 0.25) is 0 Å². The average Bonchev–Trinajstić information content (AvgIpc) is 2.93. The largest absolute Gasteiger partial charge is 0.383 e. The van der Waals surface area contributed by atoms with E-state index in [1.165, 1.54) is 0 Å². The summed E-state index contributed by atoms with van der Waals surface area (Å²) < 4.78 is 44.6. The number of nitrogens with one attached hydrogen (secondary N) is 1. The normalized spacial score (nSPS) is 11.0. The Balaban J connectivity index is 2.01. The van der Waals surface area contributed by atoms with Crippen LogP contribution in [0.5, 0.6) is 0 Å². The van der Waals surface area contributed by atoms with E-state index in [0.29, 0.717) is 24.6 Å². The second-order valence-electron chi connectivity index (χ2n) is 4.22. The van der Waals surface area contributed by atoms with Crippen LogP contribution in [0.25, 0.3) is 10.6 Å². The van der Waals surface area contributed by atoms with Crippen LogP contribution in [-0.2, 0) is 11.2 Å². The Kier molecular flexibility index (Phi) is 5.66. The van der Waals surface area contributed by atoms with E-state index in [1.54, 1.807) is 7.11 Å². The maximum absolute atomic E-state index is 13.6. The zero-order valence-corrected chi connectivity index (χ0v) is 12.1. The minimum absolute atomic E-state index is 0.0787. The summed E-state index contributed by atoms with van der Waals surface area (Å²) in [5.41, 5.74) is -0.0787. The number of benzene rings is 1. The van der Waals surface area contributed by atoms with Gasteiger partial charge in [0.25, 0.3) is 0 Å². The maximum Gasteiger partial charge on any atom is 0.195 e. The van der Waals surface area contributed by atoms with Gasteiger partial charge in [0.1, 0.15) is 5.01 Å². The van der Waals surface area contributed by atoms with Crippen molar-refractivity contribution in [3.05, 3.63) is 34.6 Å². The first kappa shape index (κ1) is 15.9. The third-order valence-corrected chi connectivity index (χ3v) is 3.75. The summed E-state index contributed by atoms with van der Waals surface area (Å²) in [4.78, 5) is 0. The van der Waals surface area contributed by atoms with E-state index in [9.17, 15) is 13.2 Å². The summed E-state index contributed by atoms with van der Waals surface area (Å²) >= 11 is 1.16. The molecule has 0 atom stereocenters. The molecule has 0 bridgehead atoms. The lowest BCUT2D eigenvalue weighted by Crippen LogP contribution is -2.21. The number of methoxy groups -OCH3 is 1. The first-order valence-electron chi connectivity index (χ1n) is 6.29. The van der Waals surface area contributed by atoms with Crippen LogP contribution in [0.1, 0.15) is 5.01 Å². The van der Waals surface area contributed by atoms with E-state index in [2.05, 4.69) is 15.5 Å². The van der Waals surface area contributed by atoms with Crippen LogP contribution < -0.4 is 5.32 Å². The Morgan fingerprint density at radius 1 is 1.14 bits per heavy atom. The predicted octanol–water partition coefficient (Wildman–Crippen LogP) is 2.40. The Bertz CT molecular complexity index is 606. The Hall–Kier alpha value is -1.51. The molecule has 0 saturated carbocycles. The molecule has 2 aromatic rings. The first-order valence-corrected chi connectivity index (χ1v) is 7.11. The summed E-state index contributed by atoms with van der Waals surface area (Å²) in [6.45, 7) is 2.01. The molecule has 2 rings (SSSR count). The van der Waals surface area contributed by atoms with Crippen molar-refractivity contribution >= 4 is 11.3 Å². The number of halogens is 3. The highest BCUT2D eigenvalue weighted by molar-refractivity contribution is 7.14. The molecule has 8 heteroatoms. The fourth-order valence-electron chi connectivity index (χ4n) is 1.65. The van der Waals surface area contributed by atoms with Gasteiger partial charge in [0, 0.05) is 26.6 Å². The molecule has 1 heterocycles. The fourth-order valence-corrected chi connectivity index (χ4v) is 2.51. The van der Waals surface area contributed by atoms with Gasteiger partial charge in [-0.3, -0.25) is 0 Å². The molecule has 0 fully saturated rings. The monoisotopic (exact) mass is 317 g/mol. The van der Waals surface area contributed by atoms with Crippen molar-refractivity contribution < 1.29 is 17.9 Å². The van der Waals surface area contributed by atoms with Gasteiger partial charge in [-0.2, -0.15) is 0 Å². The van der Waals surface area contributed by atoms with Gasteiger partial charge < -0.3 is 10.1 Å². The zero-order valence-electron chi connectivity index (χ0n) is 11.3. The molecular weight excluding hydrogens is 303 g/mol. The van der Waals surface area contributed by atoms with Crippen LogP contribution in [-0.4, -0.2) is 37.0 Å². The van der Waals surface area contributed by atoms with Gasteiger partial charge in [0.2, 0.25) is 0 Å². The van der Waals surface area contributed by atoms with Crippen molar-refractivity contribution in [3.63, 3.8) is 0 Å². The van der Waals surface area contributed by atoms with Gasteiger partial charge in [-0.05, 0) is 12.1 Å². The SMILES string of the molecule is COCCNCCc1nnc(-c2ccc(F)c(F)c2F)s1. The summed E-state index contributed by atoms with van der Waals surface area (Å²) in [5, 5.41) is 11.8. The Morgan fingerprint density at radius 3 is 2.71 bits per heavy atom. The molecule has 0 spiro atoms. The molecular formula is C13H14F3N3OS. The average molecular weight is 317 g/mol. The molecule has 1 aromatic heterocycles. The van der Waals surface area contributed by atoms with Crippen molar-refractivity contribution in [2.45, 2.75) is 6.42 Å². The molecule has 0 aliphatic rings. The number of hydrogen-bond acceptors (Lipinski definition) is 5. The molecule has 0 amide bonds. The van der Waals surface area contributed by atoms with Crippen molar-refractivity contribution in [2.24, 2.45) is 0 Å². The predicted molar refractivity (Wildman–Crippen MR) is 73.7 cm³/mol. The molecule has 0 saturated heterocycles. The Labute approximate surface area is 124 Å². The number of rotatable bonds is 7. The number of ether oxygens (including phenoxy) is 1. The minimum atomic E-state index is -1.49. The molecule has 0 aliphatic heterocycles. The topological polar surface area (TPSA) is 47.0 Å². The van der Waals surface area contributed by atoms with Crippen LogP contribution in [0, 0.1) is 17.5 Å². The summed E-state index contributed by atoms with van der Waals surface area (Å²) in [5.74, 6) is -3.95. The Morgan fingerprint density at radius 2 is 1.95 bits per heavy atom. The highest BCUT2D eigenvalue weighted by Gasteiger charge is 2.17. The van der Waals surface area contributed by atoms with Crippen LogP contribution >= 0.6 is 11.3 Å². The third kappa shape index (κ3) is 3.99. The highest BCUT2D eigenvalue weighted by atomic mass is 32.1. The van der Waals surface area contributed by atoms with E-state index < -0.39 is 17.5 Å². The standard InChI is InChI=1S/C13H14F3N3OS/c1-20-7-6-17-5-4-10-18-19-13(21-10)8-2-3-9(14)12(16)11(8)15/h2-3,17H,4-7H2,1H3. The fraction of sp³-hybridized carbons (Fsp3) is 0.385. The van der Waals surface area contributed by atoms with Crippen molar-refractivity contribution in [2.75, 3.05) is 26.8 Å². The highest BCUT2D eigenvalue weighted by Crippen LogP contribution is 2.28. The van der Waals surface area contributed by atoms with Crippen molar-refractivity contribution in [1.82, 2.24) is 15.5 Å². The molecule has 0 radical (unpaired) electrons.